The van der Waals surface area contributed by atoms with E-state index in [1.807, 2.05) is 24.3 Å². The highest BCUT2D eigenvalue weighted by atomic mass is 16.6. The molecule has 2 rings (SSSR count). The highest BCUT2D eigenvalue weighted by molar-refractivity contribution is 5.75. The van der Waals surface area contributed by atoms with Gasteiger partial charge in [0.15, 0.2) is 0 Å². The molecule has 0 bridgehead atoms. The highest BCUT2D eigenvalue weighted by Gasteiger charge is 2.22. The SMILES string of the molecule is CCCCOC(=O)N1CCN(CCN(C)Cc2cccc(C(C)C(=O)O)c2)CC1. The molecule has 1 atom stereocenters. The van der Waals surface area contributed by atoms with Gasteiger partial charge in [0.1, 0.15) is 0 Å². The van der Waals surface area contributed by atoms with Gasteiger partial charge in [-0.25, -0.2) is 4.79 Å². The van der Waals surface area contributed by atoms with Crippen LogP contribution in [0.2, 0.25) is 0 Å². The molecule has 0 saturated carbocycles. The molecule has 29 heavy (non-hydrogen) atoms. The van der Waals surface area contributed by atoms with Gasteiger partial charge in [-0.2, -0.15) is 0 Å². The van der Waals surface area contributed by atoms with E-state index in [0.717, 1.165) is 56.7 Å². The average Bonchev–Trinajstić information content (AvgIpc) is 2.72. The number of hydrogen-bond acceptors (Lipinski definition) is 5. The molecule has 0 aromatic heterocycles. The molecule has 1 aliphatic heterocycles. The summed E-state index contributed by atoms with van der Waals surface area (Å²) in [7, 11) is 2.08. The topological polar surface area (TPSA) is 73.3 Å². The fourth-order valence-electron chi connectivity index (χ4n) is 3.36. The third-order valence-electron chi connectivity index (χ3n) is 5.43. The molecule has 1 aromatic rings. The fourth-order valence-corrected chi connectivity index (χ4v) is 3.36. The minimum Gasteiger partial charge on any atom is -0.481 e. The number of hydrogen-bond donors (Lipinski definition) is 1. The van der Waals surface area contributed by atoms with E-state index in [1.54, 1.807) is 11.8 Å². The van der Waals surface area contributed by atoms with E-state index in [0.29, 0.717) is 19.7 Å². The quantitative estimate of drug-likeness (QED) is 0.604. The number of carboxylic acids is 1. The van der Waals surface area contributed by atoms with Gasteiger partial charge >= 0.3 is 12.1 Å². The highest BCUT2D eigenvalue weighted by Crippen LogP contribution is 2.17. The average molecular weight is 406 g/mol. The number of rotatable bonds is 10. The van der Waals surface area contributed by atoms with Crippen molar-refractivity contribution in [2.75, 3.05) is 52.9 Å². The van der Waals surface area contributed by atoms with Crippen LogP contribution in [-0.4, -0.2) is 84.8 Å². The summed E-state index contributed by atoms with van der Waals surface area (Å²) in [6.07, 6.45) is 1.75. The smallest absolute Gasteiger partial charge is 0.409 e. The van der Waals surface area contributed by atoms with E-state index in [-0.39, 0.29) is 6.09 Å². The number of amides is 1. The number of carbonyl (C=O) groups excluding carboxylic acids is 1. The van der Waals surface area contributed by atoms with Crippen LogP contribution in [0.4, 0.5) is 4.79 Å². The van der Waals surface area contributed by atoms with Gasteiger partial charge in [-0.05, 0) is 31.5 Å². The molecule has 1 aliphatic rings. The predicted octanol–water partition coefficient (Wildman–Crippen LogP) is 2.86. The summed E-state index contributed by atoms with van der Waals surface area (Å²) >= 11 is 0. The summed E-state index contributed by atoms with van der Waals surface area (Å²) in [6.45, 7) is 10.1. The summed E-state index contributed by atoms with van der Waals surface area (Å²) in [5.41, 5.74) is 1.96. The van der Waals surface area contributed by atoms with Gasteiger partial charge in [0, 0.05) is 45.8 Å². The lowest BCUT2D eigenvalue weighted by molar-refractivity contribution is -0.138. The van der Waals surface area contributed by atoms with Crippen molar-refractivity contribution in [3.8, 4) is 0 Å². The summed E-state index contributed by atoms with van der Waals surface area (Å²) in [5, 5.41) is 9.20. The van der Waals surface area contributed by atoms with Crippen molar-refractivity contribution in [3.05, 3.63) is 35.4 Å². The van der Waals surface area contributed by atoms with Crippen molar-refractivity contribution in [1.82, 2.24) is 14.7 Å². The number of nitrogens with zero attached hydrogens (tertiary/aromatic N) is 3. The van der Waals surface area contributed by atoms with E-state index in [4.69, 9.17) is 4.74 Å². The van der Waals surface area contributed by atoms with Crippen LogP contribution >= 0.6 is 0 Å². The number of carboxylic acid groups (broad SMARTS) is 1. The van der Waals surface area contributed by atoms with Crippen LogP contribution in [0.25, 0.3) is 0 Å². The van der Waals surface area contributed by atoms with Crippen LogP contribution in [0.1, 0.15) is 43.7 Å². The second kappa shape index (κ2) is 11.8. The minimum atomic E-state index is -0.802. The molecule has 1 amide bonds. The lowest BCUT2D eigenvalue weighted by Gasteiger charge is -2.34. The first-order valence-corrected chi connectivity index (χ1v) is 10.5. The molecule has 0 radical (unpaired) electrons. The monoisotopic (exact) mass is 405 g/mol. The Bertz CT molecular complexity index is 659. The van der Waals surface area contributed by atoms with Crippen LogP contribution in [0.5, 0.6) is 0 Å². The largest absolute Gasteiger partial charge is 0.481 e. The van der Waals surface area contributed by atoms with Crippen molar-refractivity contribution in [1.29, 1.82) is 0 Å². The molecule has 162 valence electrons. The molecule has 1 N–H and O–H groups in total. The van der Waals surface area contributed by atoms with Gasteiger partial charge in [0.05, 0.1) is 12.5 Å². The number of ether oxygens (including phenoxy) is 1. The summed E-state index contributed by atoms with van der Waals surface area (Å²) in [5.74, 6) is -1.30. The Hall–Kier alpha value is -2.12. The maximum Gasteiger partial charge on any atom is 0.409 e. The number of unbranched alkanes of at least 4 members (excludes halogenated alkanes) is 1. The zero-order valence-corrected chi connectivity index (χ0v) is 18.0. The Morgan fingerprint density at radius 1 is 1.24 bits per heavy atom. The van der Waals surface area contributed by atoms with Gasteiger partial charge < -0.3 is 19.6 Å². The molecular formula is C22H35N3O4. The molecule has 0 spiro atoms. The van der Waals surface area contributed by atoms with E-state index in [1.165, 1.54) is 0 Å². The Morgan fingerprint density at radius 3 is 2.62 bits per heavy atom. The molecule has 7 heteroatoms. The van der Waals surface area contributed by atoms with Crippen LogP contribution in [-0.2, 0) is 16.1 Å². The second-order valence-corrected chi connectivity index (χ2v) is 7.84. The molecule has 1 saturated heterocycles. The van der Waals surface area contributed by atoms with Gasteiger partial charge in [-0.1, -0.05) is 37.6 Å². The van der Waals surface area contributed by atoms with Gasteiger partial charge in [0.2, 0.25) is 0 Å². The molecular weight excluding hydrogens is 370 g/mol. The zero-order valence-electron chi connectivity index (χ0n) is 18.0. The van der Waals surface area contributed by atoms with Crippen LogP contribution in [0, 0.1) is 0 Å². The molecule has 1 aromatic carbocycles. The number of benzene rings is 1. The minimum absolute atomic E-state index is 0.189. The van der Waals surface area contributed by atoms with E-state index in [9.17, 15) is 14.7 Å². The Labute approximate surface area is 174 Å². The standard InChI is InChI=1S/C22H35N3O4/c1-4-5-15-29-22(28)25-13-11-24(12-14-25)10-9-23(3)17-19-7-6-8-20(16-19)18(2)21(26)27/h6-8,16,18H,4-5,9-15,17H2,1-3H3,(H,26,27). The summed E-state index contributed by atoms with van der Waals surface area (Å²) in [4.78, 5) is 29.6. The van der Waals surface area contributed by atoms with Crippen molar-refractivity contribution >= 4 is 12.1 Å². The zero-order chi connectivity index (χ0) is 21.2. The molecule has 1 unspecified atom stereocenters. The first-order valence-electron chi connectivity index (χ1n) is 10.5. The predicted molar refractivity (Wildman–Crippen MR) is 113 cm³/mol. The van der Waals surface area contributed by atoms with Crippen molar-refractivity contribution in [3.63, 3.8) is 0 Å². The summed E-state index contributed by atoms with van der Waals surface area (Å²) in [6, 6.07) is 7.82. The first kappa shape index (κ1) is 23.2. The Balaban J connectivity index is 1.71. The lowest BCUT2D eigenvalue weighted by atomic mass is 9.99. The van der Waals surface area contributed by atoms with Crippen molar-refractivity contribution in [2.45, 2.75) is 39.2 Å². The van der Waals surface area contributed by atoms with Gasteiger partial charge in [-0.15, -0.1) is 0 Å². The van der Waals surface area contributed by atoms with Crippen LogP contribution in [0.15, 0.2) is 24.3 Å². The first-order chi connectivity index (χ1) is 13.9. The van der Waals surface area contributed by atoms with Crippen LogP contribution < -0.4 is 0 Å². The van der Waals surface area contributed by atoms with E-state index >= 15 is 0 Å². The van der Waals surface area contributed by atoms with Crippen molar-refractivity contribution < 1.29 is 19.4 Å². The maximum absolute atomic E-state index is 12.0. The number of piperazine rings is 1. The number of likely N-dealkylation sites (N-methyl/N-ethyl adjacent to an activating group) is 1. The molecule has 1 fully saturated rings. The third-order valence-corrected chi connectivity index (χ3v) is 5.43. The van der Waals surface area contributed by atoms with Crippen LogP contribution in [0.3, 0.4) is 0 Å². The van der Waals surface area contributed by atoms with Crippen molar-refractivity contribution in [2.24, 2.45) is 0 Å². The Kier molecular flexibility index (Phi) is 9.41. The molecule has 1 heterocycles. The van der Waals surface area contributed by atoms with Gasteiger partial charge in [-0.3, -0.25) is 9.69 Å². The van der Waals surface area contributed by atoms with E-state index in [2.05, 4.69) is 23.8 Å². The molecule has 0 aliphatic carbocycles. The van der Waals surface area contributed by atoms with E-state index < -0.39 is 11.9 Å². The van der Waals surface area contributed by atoms with Gasteiger partial charge in [0.25, 0.3) is 0 Å². The fraction of sp³-hybridized carbons (Fsp3) is 0.636. The lowest BCUT2D eigenvalue weighted by Crippen LogP contribution is -2.50. The third kappa shape index (κ3) is 7.66. The number of carbonyl (C=O) groups is 2. The normalized spacial score (nSPS) is 16.1. The summed E-state index contributed by atoms with van der Waals surface area (Å²) < 4.78 is 5.29. The molecule has 7 nitrogen and oxygen atoms in total. The Morgan fingerprint density at radius 2 is 1.97 bits per heavy atom. The maximum atomic E-state index is 12.0. The number of aliphatic carboxylic acids is 1. The second-order valence-electron chi connectivity index (χ2n) is 7.84.